The van der Waals surface area contributed by atoms with Crippen molar-refractivity contribution in [3.8, 4) is 0 Å². The Morgan fingerprint density at radius 3 is 2.39 bits per heavy atom. The van der Waals surface area contributed by atoms with E-state index in [0.29, 0.717) is 6.61 Å². The van der Waals surface area contributed by atoms with E-state index >= 15 is 0 Å². The van der Waals surface area contributed by atoms with Crippen molar-refractivity contribution < 1.29 is 14.5 Å². The molecule has 0 saturated carbocycles. The summed E-state index contributed by atoms with van der Waals surface area (Å²) >= 11 is 0. The molecule has 0 radical (unpaired) electrons. The number of ether oxygens (including phenoxy) is 1. The summed E-state index contributed by atoms with van der Waals surface area (Å²) in [5.74, 6) is -0.278. The molecule has 0 bridgehead atoms. The molecule has 0 amide bonds. The lowest BCUT2D eigenvalue weighted by Crippen LogP contribution is -2.15. The number of carbonyl (C=O) groups excluding carboxylic acids is 1. The number of esters is 1. The summed E-state index contributed by atoms with van der Waals surface area (Å²) in [6.45, 7) is 2.10. The quantitative estimate of drug-likeness (QED) is 0.367. The van der Waals surface area contributed by atoms with Crippen LogP contribution < -0.4 is 4.90 Å². The number of carbonyl (C=O) groups is 1. The molecule has 118 valence electrons. The van der Waals surface area contributed by atoms with Crippen LogP contribution in [-0.2, 0) is 9.53 Å². The fourth-order valence-electron chi connectivity index (χ4n) is 2.76. The zero-order chi connectivity index (χ0) is 16.4. The van der Waals surface area contributed by atoms with Crippen molar-refractivity contribution in [2.45, 2.75) is 19.0 Å². The number of nitro groups is 1. The van der Waals surface area contributed by atoms with Crippen LogP contribution in [0.25, 0.3) is 0 Å². The number of benzene rings is 2. The van der Waals surface area contributed by atoms with Gasteiger partial charge in [-0.25, -0.2) is 4.79 Å². The lowest BCUT2D eigenvalue weighted by Gasteiger charge is -2.06. The third kappa shape index (κ3) is 2.88. The van der Waals surface area contributed by atoms with Crippen LogP contribution in [0.15, 0.2) is 54.6 Å². The van der Waals surface area contributed by atoms with E-state index in [4.69, 9.17) is 4.74 Å². The number of nitrogens with zero attached hydrogens (tertiary/aromatic N) is 2. The molecule has 0 unspecified atom stereocenters. The van der Waals surface area contributed by atoms with Gasteiger partial charge in [0, 0.05) is 17.8 Å². The summed E-state index contributed by atoms with van der Waals surface area (Å²) in [4.78, 5) is 24.4. The molecule has 1 aliphatic heterocycles. The normalized spacial score (nSPS) is 19.3. The molecule has 1 heterocycles. The molecule has 1 saturated heterocycles. The second-order valence-electron chi connectivity index (χ2n) is 5.23. The van der Waals surface area contributed by atoms with Crippen molar-refractivity contribution in [2.75, 3.05) is 11.5 Å². The average Bonchev–Trinajstić information content (AvgIpc) is 3.31. The minimum atomic E-state index is -0.441. The molecule has 2 aromatic rings. The number of nitro benzene ring substituents is 1. The Labute approximate surface area is 133 Å². The number of hydrogen-bond acceptors (Lipinski definition) is 5. The van der Waals surface area contributed by atoms with Gasteiger partial charge < -0.3 is 9.64 Å². The van der Waals surface area contributed by atoms with E-state index in [1.54, 1.807) is 19.1 Å². The van der Waals surface area contributed by atoms with Gasteiger partial charge >= 0.3 is 5.97 Å². The van der Waals surface area contributed by atoms with Crippen molar-refractivity contribution >= 4 is 17.3 Å². The van der Waals surface area contributed by atoms with Gasteiger partial charge in [-0.2, -0.15) is 0 Å². The second kappa shape index (κ2) is 6.08. The first-order valence-corrected chi connectivity index (χ1v) is 7.38. The van der Waals surface area contributed by atoms with Gasteiger partial charge in [0.1, 0.15) is 0 Å². The smallest absolute Gasteiger partial charge is 0.331 e. The van der Waals surface area contributed by atoms with Gasteiger partial charge in [0.2, 0.25) is 0 Å². The monoisotopic (exact) mass is 312 g/mol. The Morgan fingerprint density at radius 1 is 1.17 bits per heavy atom. The molecule has 0 N–H and O–H groups in total. The molecule has 6 heteroatoms. The van der Waals surface area contributed by atoms with Crippen molar-refractivity contribution in [1.82, 2.24) is 0 Å². The molecule has 0 aliphatic carbocycles. The highest BCUT2D eigenvalue weighted by atomic mass is 16.6. The molecule has 0 spiro atoms. The first-order valence-electron chi connectivity index (χ1n) is 7.38. The lowest BCUT2D eigenvalue weighted by molar-refractivity contribution is -0.384. The molecular formula is C17H16N2O4. The predicted octanol–water partition coefficient (Wildman–Crippen LogP) is 3.09. The van der Waals surface area contributed by atoms with Crippen LogP contribution in [0.3, 0.4) is 0 Å². The summed E-state index contributed by atoms with van der Waals surface area (Å²) in [7, 11) is 0. The average molecular weight is 312 g/mol. The molecule has 1 aliphatic rings. The van der Waals surface area contributed by atoms with Crippen molar-refractivity contribution in [3.05, 3.63) is 70.3 Å². The lowest BCUT2D eigenvalue weighted by atomic mass is 10.1. The van der Waals surface area contributed by atoms with E-state index in [9.17, 15) is 14.9 Å². The molecular weight excluding hydrogens is 296 g/mol. The molecule has 0 aromatic heterocycles. The third-order valence-corrected chi connectivity index (χ3v) is 3.84. The highest BCUT2D eigenvalue weighted by Gasteiger charge is 2.54. The van der Waals surface area contributed by atoms with Gasteiger partial charge in [-0.3, -0.25) is 10.1 Å². The zero-order valence-electron chi connectivity index (χ0n) is 12.6. The number of non-ortho nitro benzene ring substituents is 1. The van der Waals surface area contributed by atoms with Gasteiger partial charge in [-0.15, -0.1) is 0 Å². The second-order valence-corrected chi connectivity index (χ2v) is 5.23. The van der Waals surface area contributed by atoms with E-state index in [-0.39, 0.29) is 23.7 Å². The third-order valence-electron chi connectivity index (χ3n) is 3.84. The van der Waals surface area contributed by atoms with E-state index in [1.165, 1.54) is 12.1 Å². The molecule has 1 fully saturated rings. The number of hydrogen-bond donors (Lipinski definition) is 0. The summed E-state index contributed by atoms with van der Waals surface area (Å²) in [5.41, 5.74) is 1.81. The minimum absolute atomic E-state index is 0.0274. The van der Waals surface area contributed by atoms with Crippen molar-refractivity contribution in [3.63, 3.8) is 0 Å². The Morgan fingerprint density at radius 2 is 1.83 bits per heavy atom. The van der Waals surface area contributed by atoms with Gasteiger partial charge in [-0.05, 0) is 24.6 Å². The maximum absolute atomic E-state index is 12.2. The van der Waals surface area contributed by atoms with Gasteiger partial charge in [0.05, 0.1) is 17.6 Å². The Bertz CT molecular complexity index is 715. The summed E-state index contributed by atoms with van der Waals surface area (Å²) in [6, 6.07) is 15.4. The number of anilines is 1. The standard InChI is InChI=1S/C17H16N2O4/c1-2-23-17(20)16-15(12-6-4-3-5-7-12)18(16)13-8-10-14(11-9-13)19(21)22/h3-11,15-16H,2H2,1H3/t15-,16-,18?/m0/s1. The highest BCUT2D eigenvalue weighted by molar-refractivity contribution is 5.89. The molecule has 2 aromatic carbocycles. The maximum Gasteiger partial charge on any atom is 0.331 e. The van der Waals surface area contributed by atoms with Crippen LogP contribution in [0.4, 0.5) is 11.4 Å². The molecule has 23 heavy (non-hydrogen) atoms. The zero-order valence-corrected chi connectivity index (χ0v) is 12.6. The van der Waals surface area contributed by atoms with Crippen LogP contribution in [-0.4, -0.2) is 23.5 Å². The molecule has 3 rings (SSSR count). The topological polar surface area (TPSA) is 72.5 Å². The SMILES string of the molecule is CCOC(=O)[C@@H]1[C@H](c2ccccc2)N1c1ccc([N+](=O)[O-])cc1. The predicted molar refractivity (Wildman–Crippen MR) is 85.2 cm³/mol. The van der Waals surface area contributed by atoms with E-state index in [1.807, 2.05) is 35.2 Å². The van der Waals surface area contributed by atoms with Crippen LogP contribution in [0.1, 0.15) is 18.5 Å². The summed E-state index contributed by atoms with van der Waals surface area (Å²) in [5, 5.41) is 10.8. The van der Waals surface area contributed by atoms with Gasteiger partial charge in [-0.1, -0.05) is 30.3 Å². The van der Waals surface area contributed by atoms with E-state index in [0.717, 1.165) is 11.3 Å². The van der Waals surface area contributed by atoms with Crippen LogP contribution in [0, 0.1) is 10.1 Å². The van der Waals surface area contributed by atoms with Gasteiger partial charge in [0.15, 0.2) is 6.04 Å². The van der Waals surface area contributed by atoms with Crippen LogP contribution in [0.2, 0.25) is 0 Å². The largest absolute Gasteiger partial charge is 0.464 e. The molecule has 2 atom stereocenters. The summed E-state index contributed by atoms with van der Waals surface area (Å²) < 4.78 is 5.14. The van der Waals surface area contributed by atoms with Gasteiger partial charge in [0.25, 0.3) is 5.69 Å². The minimum Gasteiger partial charge on any atom is -0.464 e. The van der Waals surface area contributed by atoms with E-state index < -0.39 is 4.92 Å². The Balaban J connectivity index is 1.89. The Kier molecular flexibility index (Phi) is 3.97. The van der Waals surface area contributed by atoms with Crippen LogP contribution in [0.5, 0.6) is 0 Å². The van der Waals surface area contributed by atoms with Crippen molar-refractivity contribution in [2.24, 2.45) is 0 Å². The van der Waals surface area contributed by atoms with Crippen molar-refractivity contribution in [1.29, 1.82) is 0 Å². The first kappa shape index (κ1) is 15.0. The van der Waals surface area contributed by atoms with Crippen LogP contribution >= 0.6 is 0 Å². The highest BCUT2D eigenvalue weighted by Crippen LogP contribution is 2.47. The Hall–Kier alpha value is -2.89. The fourth-order valence-corrected chi connectivity index (χ4v) is 2.76. The number of rotatable bonds is 5. The maximum atomic E-state index is 12.2. The molecule has 6 nitrogen and oxygen atoms in total. The fraction of sp³-hybridized carbons (Fsp3) is 0.235. The summed E-state index contributed by atoms with van der Waals surface area (Å²) in [6.07, 6.45) is 0. The first-order chi connectivity index (χ1) is 11.1. The van der Waals surface area contributed by atoms with E-state index in [2.05, 4.69) is 0 Å².